The van der Waals surface area contributed by atoms with Gasteiger partial charge in [-0.15, -0.1) is 0 Å². The van der Waals surface area contributed by atoms with E-state index in [1.165, 1.54) is 38.5 Å². The molecule has 2 N–H and O–H groups in total. The summed E-state index contributed by atoms with van der Waals surface area (Å²) in [6.07, 6.45) is 10.5. The second kappa shape index (κ2) is 15.4. The fraction of sp³-hybridized carbons (Fsp3) is 0.515. The van der Waals surface area contributed by atoms with E-state index in [2.05, 4.69) is 17.6 Å². The zero-order valence-electron chi connectivity index (χ0n) is 25.1. The van der Waals surface area contributed by atoms with Crippen LogP contribution in [0.4, 0.5) is 9.59 Å². The molecular formula is C33H46N4O4. The molecule has 0 unspecified atom stereocenters. The van der Waals surface area contributed by atoms with Gasteiger partial charge in [-0.1, -0.05) is 82.6 Å². The lowest BCUT2D eigenvalue weighted by atomic mass is 10.00. The van der Waals surface area contributed by atoms with Crippen molar-refractivity contribution in [3.05, 3.63) is 59.7 Å². The van der Waals surface area contributed by atoms with Crippen molar-refractivity contribution in [1.29, 1.82) is 0 Å². The highest BCUT2D eigenvalue weighted by Crippen LogP contribution is 2.24. The van der Waals surface area contributed by atoms with Crippen molar-refractivity contribution < 1.29 is 19.2 Å². The van der Waals surface area contributed by atoms with Crippen LogP contribution in [0.25, 0.3) is 11.1 Å². The van der Waals surface area contributed by atoms with E-state index in [0.29, 0.717) is 17.7 Å². The number of carbonyl (C=O) groups is 4. The number of hydrogen-bond donors (Lipinski definition) is 2. The summed E-state index contributed by atoms with van der Waals surface area (Å²) in [6, 6.07) is 12.9. The van der Waals surface area contributed by atoms with Gasteiger partial charge in [-0.25, -0.2) is 9.59 Å². The SMILES string of the molecule is CCCCCCCCCCCNC(=O)N1CCN(C(=O)NC(C)(C)C)C(=O)c2cccc(c2)-c2cccc(c2)C1=O. The van der Waals surface area contributed by atoms with E-state index in [1.807, 2.05) is 32.9 Å². The summed E-state index contributed by atoms with van der Waals surface area (Å²) in [6.45, 7) is 7.89. The average Bonchev–Trinajstić information content (AvgIpc) is 2.94. The Hall–Kier alpha value is -3.68. The molecule has 6 amide bonds. The topological polar surface area (TPSA) is 98.8 Å². The first-order valence-corrected chi connectivity index (χ1v) is 15.0. The van der Waals surface area contributed by atoms with E-state index in [-0.39, 0.29) is 13.1 Å². The third kappa shape index (κ3) is 9.73. The van der Waals surface area contributed by atoms with E-state index in [4.69, 9.17) is 0 Å². The summed E-state index contributed by atoms with van der Waals surface area (Å²) in [5, 5.41) is 5.72. The van der Waals surface area contributed by atoms with Gasteiger partial charge in [-0.2, -0.15) is 0 Å². The molecule has 222 valence electrons. The summed E-state index contributed by atoms with van der Waals surface area (Å²) < 4.78 is 0. The average molecular weight is 563 g/mol. The van der Waals surface area contributed by atoms with Gasteiger partial charge in [0.05, 0.1) is 0 Å². The van der Waals surface area contributed by atoms with Crippen LogP contribution in [0.2, 0.25) is 0 Å². The molecule has 0 aromatic heterocycles. The lowest BCUT2D eigenvalue weighted by molar-refractivity contribution is 0.0720. The number of imide groups is 2. The Labute approximate surface area is 244 Å². The normalized spacial score (nSPS) is 13.9. The van der Waals surface area contributed by atoms with Gasteiger partial charge < -0.3 is 10.6 Å². The van der Waals surface area contributed by atoms with E-state index >= 15 is 0 Å². The quantitative estimate of drug-likeness (QED) is 0.305. The number of carbonyl (C=O) groups excluding carboxylic acids is 4. The molecule has 0 atom stereocenters. The minimum Gasteiger partial charge on any atom is -0.338 e. The molecule has 8 nitrogen and oxygen atoms in total. The maximum Gasteiger partial charge on any atom is 0.324 e. The molecule has 0 aliphatic carbocycles. The molecular weight excluding hydrogens is 516 g/mol. The summed E-state index contributed by atoms with van der Waals surface area (Å²) in [5.74, 6) is -0.968. The number of unbranched alkanes of at least 4 members (excludes halogenated alkanes) is 8. The minimum atomic E-state index is -0.581. The van der Waals surface area contributed by atoms with Crippen LogP contribution in [0.1, 0.15) is 106 Å². The Morgan fingerprint density at radius 2 is 1.12 bits per heavy atom. The van der Waals surface area contributed by atoms with Crippen LogP contribution < -0.4 is 10.6 Å². The van der Waals surface area contributed by atoms with Crippen molar-refractivity contribution in [3.8, 4) is 11.1 Å². The summed E-state index contributed by atoms with van der Waals surface area (Å²) in [5.41, 5.74) is 1.62. The number of hydrogen-bond acceptors (Lipinski definition) is 4. The maximum absolute atomic E-state index is 13.6. The molecule has 0 spiro atoms. The molecule has 0 fully saturated rings. The Morgan fingerprint density at radius 3 is 1.61 bits per heavy atom. The van der Waals surface area contributed by atoms with E-state index < -0.39 is 29.4 Å². The number of urea groups is 2. The molecule has 0 saturated carbocycles. The molecule has 1 aliphatic rings. The van der Waals surface area contributed by atoms with Gasteiger partial charge in [0.25, 0.3) is 11.8 Å². The number of fused-ring (bicyclic) bond motifs is 5. The van der Waals surface area contributed by atoms with Crippen molar-refractivity contribution in [1.82, 2.24) is 20.4 Å². The molecule has 0 saturated heterocycles. The zero-order valence-corrected chi connectivity index (χ0v) is 25.1. The first kappa shape index (κ1) is 31.8. The molecule has 1 heterocycles. The number of rotatable bonds is 10. The van der Waals surface area contributed by atoms with Gasteiger partial charge in [0.15, 0.2) is 0 Å². The van der Waals surface area contributed by atoms with Gasteiger partial charge in [-0.05, 0) is 62.6 Å². The van der Waals surface area contributed by atoms with Crippen molar-refractivity contribution >= 4 is 23.9 Å². The number of amides is 6. The fourth-order valence-corrected chi connectivity index (χ4v) is 4.88. The Kier molecular flexibility index (Phi) is 11.9. The first-order valence-electron chi connectivity index (χ1n) is 15.0. The Bertz CT molecular complexity index is 1200. The predicted molar refractivity (Wildman–Crippen MR) is 163 cm³/mol. The molecule has 0 radical (unpaired) electrons. The lowest BCUT2D eigenvalue weighted by Gasteiger charge is -2.30. The van der Waals surface area contributed by atoms with E-state index in [0.717, 1.165) is 40.2 Å². The van der Waals surface area contributed by atoms with Gasteiger partial charge in [0.2, 0.25) is 0 Å². The summed E-state index contributed by atoms with van der Waals surface area (Å²) in [7, 11) is 0. The standard InChI is InChI=1S/C33H46N4O4/c1-5-6-7-8-9-10-11-12-13-20-34-31(40)36-21-22-37(32(41)35-33(2,3)4)30(39)28-19-15-17-26(24-28)25-16-14-18-27(23-25)29(36)38/h14-19,23-24H,5-13,20-22H2,1-4H3,(H,34,40)(H,35,41). The highest BCUT2D eigenvalue weighted by molar-refractivity contribution is 6.07. The maximum atomic E-state index is 13.6. The molecule has 8 heteroatoms. The minimum absolute atomic E-state index is 0.129. The van der Waals surface area contributed by atoms with Gasteiger partial charge >= 0.3 is 12.1 Å². The zero-order chi connectivity index (χ0) is 29.8. The van der Waals surface area contributed by atoms with Crippen LogP contribution >= 0.6 is 0 Å². The molecule has 1 aliphatic heterocycles. The van der Waals surface area contributed by atoms with Crippen molar-refractivity contribution in [2.24, 2.45) is 0 Å². The predicted octanol–water partition coefficient (Wildman–Crippen LogP) is 7.00. The van der Waals surface area contributed by atoms with Crippen LogP contribution in [0.15, 0.2) is 48.5 Å². The monoisotopic (exact) mass is 562 g/mol. The van der Waals surface area contributed by atoms with E-state index in [9.17, 15) is 19.2 Å². The molecule has 41 heavy (non-hydrogen) atoms. The largest absolute Gasteiger partial charge is 0.338 e. The van der Waals surface area contributed by atoms with Gasteiger partial charge in [-0.3, -0.25) is 19.4 Å². The van der Waals surface area contributed by atoms with E-state index in [1.54, 1.807) is 36.4 Å². The molecule has 2 aromatic carbocycles. The van der Waals surface area contributed by atoms with Crippen LogP contribution in [-0.2, 0) is 0 Å². The van der Waals surface area contributed by atoms with Crippen LogP contribution in [0, 0.1) is 0 Å². The Morgan fingerprint density at radius 1 is 0.683 bits per heavy atom. The fourth-order valence-electron chi connectivity index (χ4n) is 4.88. The Balaban J connectivity index is 1.75. The highest BCUT2D eigenvalue weighted by Gasteiger charge is 2.30. The lowest BCUT2D eigenvalue weighted by Crippen LogP contribution is -2.54. The summed E-state index contributed by atoms with van der Waals surface area (Å²) >= 11 is 0. The molecule has 4 bridgehead atoms. The summed E-state index contributed by atoms with van der Waals surface area (Å²) in [4.78, 5) is 55.9. The third-order valence-electron chi connectivity index (χ3n) is 7.12. The molecule has 3 rings (SSSR count). The van der Waals surface area contributed by atoms with Crippen LogP contribution in [0.5, 0.6) is 0 Å². The van der Waals surface area contributed by atoms with Gasteiger partial charge in [0, 0.05) is 36.3 Å². The number of nitrogens with zero attached hydrogens (tertiary/aromatic N) is 2. The van der Waals surface area contributed by atoms with Crippen LogP contribution in [0.3, 0.4) is 0 Å². The molecule has 2 aromatic rings. The number of nitrogens with one attached hydrogen (secondary N) is 2. The third-order valence-corrected chi connectivity index (χ3v) is 7.12. The van der Waals surface area contributed by atoms with Crippen molar-refractivity contribution in [2.75, 3.05) is 19.6 Å². The second-order valence-corrected chi connectivity index (χ2v) is 11.8. The van der Waals surface area contributed by atoms with Gasteiger partial charge in [0.1, 0.15) is 0 Å². The van der Waals surface area contributed by atoms with Crippen molar-refractivity contribution in [2.45, 2.75) is 91.0 Å². The first-order chi connectivity index (χ1) is 19.6. The highest BCUT2D eigenvalue weighted by atomic mass is 16.2. The van der Waals surface area contributed by atoms with Crippen LogP contribution in [-0.4, -0.2) is 58.8 Å². The second-order valence-electron chi connectivity index (χ2n) is 11.8. The number of benzene rings is 2. The smallest absolute Gasteiger partial charge is 0.324 e. The van der Waals surface area contributed by atoms with Crippen molar-refractivity contribution in [3.63, 3.8) is 0 Å².